The van der Waals surface area contributed by atoms with Crippen molar-refractivity contribution >= 4 is 39.2 Å². The Morgan fingerprint density at radius 2 is 2.04 bits per heavy atom. The zero-order valence-corrected chi connectivity index (χ0v) is 16.5. The van der Waals surface area contributed by atoms with Gasteiger partial charge in [0.25, 0.3) is 0 Å². The number of pyridine rings is 1. The van der Waals surface area contributed by atoms with Crippen LogP contribution in [0.25, 0.3) is 33.3 Å². The number of benzene rings is 2. The molecule has 3 N–H and O–H groups in total. The Morgan fingerprint density at radius 3 is 2.89 bits per heavy atom. The fourth-order valence-corrected chi connectivity index (χ4v) is 4.10. The Morgan fingerprint density at radius 1 is 1.14 bits per heavy atom. The van der Waals surface area contributed by atoms with Crippen LogP contribution in [-0.4, -0.2) is 34.1 Å². The smallest absolute Gasteiger partial charge is 0.142 e. The van der Waals surface area contributed by atoms with Crippen LogP contribution >= 0.6 is 11.6 Å². The maximum atomic E-state index is 6.32. The minimum Gasteiger partial charge on any atom is -0.380 e. The SMILES string of the molecule is Cc1ccc2nc(-c3cnc4ccc(Cl)cc4c3NC3CCCNC3)[nH]c2c1. The third-order valence-electron chi connectivity index (χ3n) is 5.37. The fraction of sp³-hybridized carbons (Fsp3) is 0.273. The summed E-state index contributed by atoms with van der Waals surface area (Å²) in [5, 5.41) is 8.95. The average Bonchev–Trinajstić information content (AvgIpc) is 3.12. The van der Waals surface area contributed by atoms with Crippen LogP contribution in [0, 0.1) is 6.92 Å². The Hall–Kier alpha value is -2.63. The third kappa shape index (κ3) is 3.21. The van der Waals surface area contributed by atoms with Crippen molar-refractivity contribution in [2.75, 3.05) is 18.4 Å². The number of hydrogen-bond acceptors (Lipinski definition) is 4. The van der Waals surface area contributed by atoms with Crippen LogP contribution in [-0.2, 0) is 0 Å². The highest BCUT2D eigenvalue weighted by molar-refractivity contribution is 6.31. The molecule has 28 heavy (non-hydrogen) atoms. The molecular formula is C22H22ClN5. The van der Waals surface area contributed by atoms with Gasteiger partial charge < -0.3 is 15.6 Å². The number of imidazole rings is 1. The second-order valence-electron chi connectivity index (χ2n) is 7.50. The van der Waals surface area contributed by atoms with Crippen molar-refractivity contribution in [1.29, 1.82) is 0 Å². The molecule has 1 aliphatic heterocycles. The Bertz CT molecular complexity index is 1160. The number of rotatable bonds is 3. The standard InChI is InChI=1S/C22H22ClN5/c1-13-4-6-19-20(9-13)28-22(27-19)17-12-25-18-7-5-14(23)10-16(18)21(17)26-15-3-2-8-24-11-15/h4-7,9-10,12,15,24H,2-3,8,11H2,1H3,(H,25,26)(H,27,28). The number of halogens is 1. The molecule has 0 amide bonds. The van der Waals surface area contributed by atoms with Gasteiger partial charge in [-0.2, -0.15) is 0 Å². The van der Waals surface area contributed by atoms with E-state index in [2.05, 4.69) is 39.7 Å². The van der Waals surface area contributed by atoms with Crippen LogP contribution < -0.4 is 10.6 Å². The largest absolute Gasteiger partial charge is 0.380 e. The lowest BCUT2D eigenvalue weighted by Gasteiger charge is -2.26. The summed E-state index contributed by atoms with van der Waals surface area (Å²) in [6.07, 6.45) is 4.20. The summed E-state index contributed by atoms with van der Waals surface area (Å²) in [5.74, 6) is 0.821. The number of nitrogens with zero attached hydrogens (tertiary/aromatic N) is 2. The molecule has 1 fully saturated rings. The summed E-state index contributed by atoms with van der Waals surface area (Å²) in [6, 6.07) is 12.4. The van der Waals surface area contributed by atoms with Gasteiger partial charge in [-0.3, -0.25) is 4.98 Å². The highest BCUT2D eigenvalue weighted by atomic mass is 35.5. The molecule has 4 aromatic rings. The molecule has 1 atom stereocenters. The quantitative estimate of drug-likeness (QED) is 0.464. The van der Waals surface area contributed by atoms with E-state index < -0.39 is 0 Å². The summed E-state index contributed by atoms with van der Waals surface area (Å²) in [4.78, 5) is 13.0. The second kappa shape index (κ2) is 7.08. The van der Waals surface area contributed by atoms with Gasteiger partial charge in [-0.25, -0.2) is 4.98 Å². The number of hydrogen-bond donors (Lipinski definition) is 3. The summed E-state index contributed by atoms with van der Waals surface area (Å²) in [5.41, 5.74) is 6.12. The summed E-state index contributed by atoms with van der Waals surface area (Å²) in [7, 11) is 0. The molecule has 0 aliphatic carbocycles. The first-order chi connectivity index (χ1) is 13.7. The topological polar surface area (TPSA) is 65.6 Å². The van der Waals surface area contributed by atoms with E-state index in [-0.39, 0.29) is 0 Å². The van der Waals surface area contributed by atoms with Crippen LogP contribution in [0.15, 0.2) is 42.6 Å². The first kappa shape index (κ1) is 17.5. The van der Waals surface area contributed by atoms with Crippen LogP contribution in [0.4, 0.5) is 5.69 Å². The van der Waals surface area contributed by atoms with Gasteiger partial charge in [0.1, 0.15) is 5.82 Å². The highest BCUT2D eigenvalue weighted by Gasteiger charge is 2.19. The van der Waals surface area contributed by atoms with E-state index in [1.807, 2.05) is 30.5 Å². The molecule has 5 nitrogen and oxygen atoms in total. The number of anilines is 1. The zero-order chi connectivity index (χ0) is 19.1. The van der Waals surface area contributed by atoms with Crippen molar-refractivity contribution in [3.63, 3.8) is 0 Å². The number of fused-ring (bicyclic) bond motifs is 2. The third-order valence-corrected chi connectivity index (χ3v) is 5.60. The maximum absolute atomic E-state index is 6.32. The number of aryl methyl sites for hydroxylation is 1. The van der Waals surface area contributed by atoms with E-state index >= 15 is 0 Å². The number of aromatic nitrogens is 3. The first-order valence-electron chi connectivity index (χ1n) is 9.70. The molecule has 142 valence electrons. The molecule has 0 radical (unpaired) electrons. The molecule has 2 aromatic carbocycles. The minimum absolute atomic E-state index is 0.365. The first-order valence-corrected chi connectivity index (χ1v) is 10.1. The van der Waals surface area contributed by atoms with Crippen LogP contribution in [0.3, 0.4) is 0 Å². The Balaban J connectivity index is 1.68. The lowest BCUT2D eigenvalue weighted by molar-refractivity contribution is 0.480. The van der Waals surface area contributed by atoms with E-state index in [9.17, 15) is 0 Å². The lowest BCUT2D eigenvalue weighted by Crippen LogP contribution is -2.38. The van der Waals surface area contributed by atoms with Gasteiger partial charge in [0.2, 0.25) is 0 Å². The summed E-state index contributed by atoms with van der Waals surface area (Å²) >= 11 is 6.32. The van der Waals surface area contributed by atoms with Gasteiger partial charge in [-0.05, 0) is 62.2 Å². The van der Waals surface area contributed by atoms with Gasteiger partial charge in [-0.1, -0.05) is 17.7 Å². The number of aromatic amines is 1. The molecule has 0 spiro atoms. The van der Waals surface area contributed by atoms with E-state index in [4.69, 9.17) is 16.6 Å². The normalized spacial score (nSPS) is 17.3. The molecule has 1 saturated heterocycles. The van der Waals surface area contributed by atoms with Crippen LogP contribution in [0.2, 0.25) is 5.02 Å². The van der Waals surface area contributed by atoms with Crippen molar-refractivity contribution in [1.82, 2.24) is 20.3 Å². The van der Waals surface area contributed by atoms with E-state index in [1.165, 1.54) is 12.0 Å². The van der Waals surface area contributed by atoms with Gasteiger partial charge in [0.05, 0.1) is 27.8 Å². The van der Waals surface area contributed by atoms with Crippen molar-refractivity contribution in [3.8, 4) is 11.4 Å². The molecule has 0 bridgehead atoms. The van der Waals surface area contributed by atoms with Crippen molar-refractivity contribution in [3.05, 3.63) is 53.2 Å². The van der Waals surface area contributed by atoms with Crippen molar-refractivity contribution in [2.24, 2.45) is 0 Å². The van der Waals surface area contributed by atoms with Gasteiger partial charge in [0, 0.05) is 29.2 Å². The van der Waals surface area contributed by atoms with Gasteiger partial charge in [-0.15, -0.1) is 0 Å². The Kier molecular flexibility index (Phi) is 4.41. The summed E-state index contributed by atoms with van der Waals surface area (Å²) in [6.45, 7) is 4.11. The molecule has 2 aromatic heterocycles. The van der Waals surface area contributed by atoms with Gasteiger partial charge >= 0.3 is 0 Å². The maximum Gasteiger partial charge on any atom is 0.142 e. The summed E-state index contributed by atoms with van der Waals surface area (Å²) < 4.78 is 0. The fourth-order valence-electron chi connectivity index (χ4n) is 3.93. The highest BCUT2D eigenvalue weighted by Crippen LogP contribution is 2.35. The van der Waals surface area contributed by atoms with Gasteiger partial charge in [0.15, 0.2) is 0 Å². The van der Waals surface area contributed by atoms with E-state index in [0.29, 0.717) is 11.1 Å². The number of piperidine rings is 1. The van der Waals surface area contributed by atoms with Crippen LogP contribution in [0.1, 0.15) is 18.4 Å². The van der Waals surface area contributed by atoms with E-state index in [0.717, 1.165) is 58.5 Å². The predicted molar refractivity (Wildman–Crippen MR) is 116 cm³/mol. The van der Waals surface area contributed by atoms with Crippen molar-refractivity contribution in [2.45, 2.75) is 25.8 Å². The molecule has 0 saturated carbocycles. The van der Waals surface area contributed by atoms with Crippen molar-refractivity contribution < 1.29 is 0 Å². The Labute approximate surface area is 168 Å². The second-order valence-corrected chi connectivity index (χ2v) is 7.94. The minimum atomic E-state index is 0.365. The molecule has 1 aliphatic rings. The predicted octanol–water partition coefficient (Wildman–Crippen LogP) is 4.90. The average molecular weight is 392 g/mol. The molecule has 3 heterocycles. The molecule has 6 heteroatoms. The zero-order valence-electron chi connectivity index (χ0n) is 15.7. The van der Waals surface area contributed by atoms with Crippen LogP contribution in [0.5, 0.6) is 0 Å². The monoisotopic (exact) mass is 391 g/mol. The number of H-pyrrole nitrogens is 1. The van der Waals surface area contributed by atoms with E-state index in [1.54, 1.807) is 0 Å². The lowest BCUT2D eigenvalue weighted by atomic mass is 10.0. The number of nitrogens with one attached hydrogen (secondary N) is 3. The molecule has 5 rings (SSSR count). The molecule has 1 unspecified atom stereocenters. The molecular weight excluding hydrogens is 370 g/mol.